The fraction of sp³-hybridized carbons (Fsp3) is 0.0513. The average molecular weight is 566 g/mol. The Morgan fingerprint density at radius 2 is 1.34 bits per heavy atom. The van der Waals surface area contributed by atoms with Gasteiger partial charge < -0.3 is 4.98 Å². The van der Waals surface area contributed by atoms with Crippen LogP contribution in [0.3, 0.4) is 0 Å². The quantitative estimate of drug-likeness (QED) is 0.231. The molecule has 5 heteroatoms. The van der Waals surface area contributed by atoms with Crippen LogP contribution in [0.5, 0.6) is 0 Å². The fourth-order valence-corrected chi connectivity index (χ4v) is 6.46. The summed E-state index contributed by atoms with van der Waals surface area (Å²) in [5.74, 6) is 1.59. The average Bonchev–Trinajstić information content (AvgIpc) is 3.67. The summed E-state index contributed by atoms with van der Waals surface area (Å²) in [6.45, 7) is 0. The van der Waals surface area contributed by atoms with Crippen LogP contribution in [-0.2, 0) is 0 Å². The molecule has 9 rings (SSSR count). The predicted molar refractivity (Wildman–Crippen MR) is 181 cm³/mol. The molecular weight excluding hydrogens is 538 g/mol. The Hall–Kier alpha value is -5.81. The van der Waals surface area contributed by atoms with E-state index in [-0.39, 0.29) is 0 Å². The third kappa shape index (κ3) is 3.97. The Morgan fingerprint density at radius 1 is 0.568 bits per heavy atom. The minimum Gasteiger partial charge on any atom is -0.338 e. The number of allylic oxidation sites excluding steroid dienone is 4. The largest absolute Gasteiger partial charge is 0.338 e. The molecule has 0 aliphatic heterocycles. The van der Waals surface area contributed by atoms with Crippen LogP contribution < -0.4 is 0 Å². The van der Waals surface area contributed by atoms with Crippen molar-refractivity contribution in [3.05, 3.63) is 139 Å². The van der Waals surface area contributed by atoms with Crippen LogP contribution in [0.2, 0.25) is 0 Å². The highest BCUT2D eigenvalue weighted by Gasteiger charge is 2.18. The van der Waals surface area contributed by atoms with E-state index < -0.39 is 0 Å². The number of aromatic amines is 1. The SMILES string of the molecule is C1=CC(c2nc3cc(-c4ccc5c(c4)c4ccccc4n5-c4nc(-c5ccccc5)c5ccccc5n4)ccc3[nH]2)=CCC1. The second-order valence-corrected chi connectivity index (χ2v) is 11.3. The van der Waals surface area contributed by atoms with Gasteiger partial charge in [0.1, 0.15) is 5.82 Å². The van der Waals surface area contributed by atoms with E-state index in [0.29, 0.717) is 5.95 Å². The van der Waals surface area contributed by atoms with Crippen molar-refractivity contribution in [1.29, 1.82) is 0 Å². The first kappa shape index (κ1) is 24.8. The zero-order chi connectivity index (χ0) is 29.0. The second kappa shape index (κ2) is 9.89. The Labute approximate surface area is 253 Å². The van der Waals surface area contributed by atoms with Crippen molar-refractivity contribution in [2.45, 2.75) is 12.8 Å². The Balaban J connectivity index is 1.22. The second-order valence-electron chi connectivity index (χ2n) is 11.3. The van der Waals surface area contributed by atoms with E-state index in [1.54, 1.807) is 0 Å². The molecule has 8 aromatic rings. The first-order valence-corrected chi connectivity index (χ1v) is 15.0. The smallest absolute Gasteiger partial charge is 0.235 e. The molecule has 0 spiro atoms. The lowest BCUT2D eigenvalue weighted by molar-refractivity contribution is 1.01. The van der Waals surface area contributed by atoms with Gasteiger partial charge >= 0.3 is 0 Å². The van der Waals surface area contributed by atoms with E-state index in [0.717, 1.165) is 85.0 Å². The van der Waals surface area contributed by atoms with Crippen LogP contribution in [0, 0.1) is 0 Å². The minimum atomic E-state index is 0.665. The van der Waals surface area contributed by atoms with Gasteiger partial charge in [-0.1, -0.05) is 97.1 Å². The van der Waals surface area contributed by atoms with Gasteiger partial charge in [0.15, 0.2) is 0 Å². The molecule has 0 radical (unpaired) electrons. The number of hydrogen-bond donors (Lipinski definition) is 1. The van der Waals surface area contributed by atoms with Gasteiger partial charge in [0, 0.05) is 27.3 Å². The molecule has 0 fully saturated rings. The highest BCUT2D eigenvalue weighted by molar-refractivity contribution is 6.10. The van der Waals surface area contributed by atoms with Crippen LogP contribution in [0.15, 0.2) is 133 Å². The molecule has 3 aromatic heterocycles. The van der Waals surface area contributed by atoms with E-state index in [1.807, 2.05) is 18.2 Å². The number of para-hydroxylation sites is 2. The van der Waals surface area contributed by atoms with Crippen molar-refractivity contribution in [2.24, 2.45) is 0 Å². The maximum absolute atomic E-state index is 5.20. The van der Waals surface area contributed by atoms with Gasteiger partial charge in [0.2, 0.25) is 5.95 Å². The van der Waals surface area contributed by atoms with Gasteiger partial charge in [0.05, 0.1) is 33.3 Å². The highest BCUT2D eigenvalue weighted by Crippen LogP contribution is 2.36. The van der Waals surface area contributed by atoms with Crippen molar-refractivity contribution < 1.29 is 0 Å². The first-order valence-electron chi connectivity index (χ1n) is 15.0. The lowest BCUT2D eigenvalue weighted by Gasteiger charge is -2.11. The monoisotopic (exact) mass is 565 g/mol. The number of rotatable bonds is 4. The number of fused-ring (bicyclic) bond motifs is 5. The summed E-state index contributed by atoms with van der Waals surface area (Å²) in [6.07, 6.45) is 8.77. The number of benzene rings is 5. The third-order valence-electron chi connectivity index (χ3n) is 8.60. The molecule has 1 aliphatic rings. The van der Waals surface area contributed by atoms with Gasteiger partial charge in [-0.2, -0.15) is 0 Å². The minimum absolute atomic E-state index is 0.665. The van der Waals surface area contributed by atoms with Crippen molar-refractivity contribution in [3.63, 3.8) is 0 Å². The van der Waals surface area contributed by atoms with Crippen molar-refractivity contribution in [1.82, 2.24) is 24.5 Å². The molecule has 1 N–H and O–H groups in total. The zero-order valence-electron chi connectivity index (χ0n) is 23.9. The highest BCUT2D eigenvalue weighted by atomic mass is 15.2. The molecule has 5 nitrogen and oxygen atoms in total. The van der Waals surface area contributed by atoms with E-state index in [9.17, 15) is 0 Å². The number of nitrogens with zero attached hydrogens (tertiary/aromatic N) is 4. The molecule has 0 atom stereocenters. The lowest BCUT2D eigenvalue weighted by Crippen LogP contribution is -2.03. The summed E-state index contributed by atoms with van der Waals surface area (Å²) in [4.78, 5) is 18.7. The molecule has 44 heavy (non-hydrogen) atoms. The lowest BCUT2D eigenvalue weighted by atomic mass is 10.0. The molecule has 0 unspecified atom stereocenters. The molecule has 0 amide bonds. The van der Waals surface area contributed by atoms with Gasteiger partial charge in [-0.25, -0.2) is 15.0 Å². The molecule has 208 valence electrons. The van der Waals surface area contributed by atoms with Crippen LogP contribution >= 0.6 is 0 Å². The predicted octanol–water partition coefficient (Wildman–Crippen LogP) is 9.67. The molecule has 3 heterocycles. The number of H-pyrrole nitrogens is 1. The Morgan fingerprint density at radius 3 is 2.23 bits per heavy atom. The Bertz CT molecular complexity index is 2440. The van der Waals surface area contributed by atoms with Gasteiger partial charge in [0.25, 0.3) is 0 Å². The first-order chi connectivity index (χ1) is 21.8. The van der Waals surface area contributed by atoms with Crippen molar-refractivity contribution in [2.75, 3.05) is 0 Å². The van der Waals surface area contributed by atoms with E-state index in [2.05, 4.69) is 125 Å². The van der Waals surface area contributed by atoms with E-state index >= 15 is 0 Å². The van der Waals surface area contributed by atoms with Crippen LogP contribution in [0.4, 0.5) is 0 Å². The number of nitrogens with one attached hydrogen (secondary N) is 1. The normalized spacial score (nSPS) is 13.3. The van der Waals surface area contributed by atoms with Crippen LogP contribution in [-0.4, -0.2) is 24.5 Å². The van der Waals surface area contributed by atoms with E-state index in [1.165, 1.54) is 5.39 Å². The molecule has 0 saturated carbocycles. The summed E-state index contributed by atoms with van der Waals surface area (Å²) in [7, 11) is 0. The maximum atomic E-state index is 5.20. The maximum Gasteiger partial charge on any atom is 0.235 e. The summed E-state index contributed by atoms with van der Waals surface area (Å²) in [5, 5.41) is 3.37. The van der Waals surface area contributed by atoms with Gasteiger partial charge in [-0.05, 0) is 60.4 Å². The standard InChI is InChI=1S/C39H27N5/c1-3-11-25(12-4-1)37-30-16-7-9-17-32(30)42-39(43-37)44-35-18-10-8-15-29(35)31-23-27(20-22-36(31)44)28-19-21-33-34(24-28)41-38(40-33)26-13-5-2-6-14-26/h1,3-5,7-24H,2,6H2,(H,40,41). The Kier molecular flexibility index (Phi) is 5.56. The number of hydrogen-bond acceptors (Lipinski definition) is 3. The fourth-order valence-electron chi connectivity index (χ4n) is 6.46. The van der Waals surface area contributed by atoms with Crippen LogP contribution in [0.25, 0.3) is 77.6 Å². The van der Waals surface area contributed by atoms with Crippen LogP contribution in [0.1, 0.15) is 18.7 Å². The van der Waals surface area contributed by atoms with E-state index in [4.69, 9.17) is 15.0 Å². The zero-order valence-corrected chi connectivity index (χ0v) is 23.9. The molecule has 5 aromatic carbocycles. The van der Waals surface area contributed by atoms with Crippen molar-refractivity contribution in [3.8, 4) is 28.3 Å². The molecular formula is C39H27N5. The third-order valence-corrected chi connectivity index (χ3v) is 8.60. The van der Waals surface area contributed by atoms with Gasteiger partial charge in [-0.3, -0.25) is 4.57 Å². The number of imidazole rings is 1. The summed E-state index contributed by atoms with van der Waals surface area (Å²) < 4.78 is 2.20. The summed E-state index contributed by atoms with van der Waals surface area (Å²) in [6, 6.07) is 40.3. The summed E-state index contributed by atoms with van der Waals surface area (Å²) >= 11 is 0. The number of aromatic nitrogens is 5. The van der Waals surface area contributed by atoms with Crippen molar-refractivity contribution >= 4 is 49.3 Å². The molecule has 0 saturated heterocycles. The summed E-state index contributed by atoms with van der Waals surface area (Å²) in [5.41, 5.74) is 10.5. The van der Waals surface area contributed by atoms with Gasteiger partial charge in [-0.15, -0.1) is 0 Å². The molecule has 0 bridgehead atoms. The topological polar surface area (TPSA) is 59.4 Å². The molecule has 1 aliphatic carbocycles.